The number of thioether (sulfide) groups is 1. The first kappa shape index (κ1) is 12.7. The van der Waals surface area contributed by atoms with Crippen LogP contribution in [-0.4, -0.2) is 20.0 Å². The molecule has 1 saturated carbocycles. The van der Waals surface area contributed by atoms with Gasteiger partial charge in [0.05, 0.1) is 6.04 Å². The maximum Gasteiger partial charge on any atom is 0.209 e. The van der Waals surface area contributed by atoms with Crippen molar-refractivity contribution in [2.24, 2.45) is 0 Å². The van der Waals surface area contributed by atoms with Gasteiger partial charge in [-0.05, 0) is 24.5 Å². The molecule has 2 atom stereocenters. The lowest BCUT2D eigenvalue weighted by Gasteiger charge is -2.13. The maximum absolute atomic E-state index is 14.2. The Kier molecular flexibility index (Phi) is 3.00. The molecule has 1 aliphatic heterocycles. The highest BCUT2D eigenvalue weighted by Crippen LogP contribution is 2.44. The molecule has 0 spiro atoms. The second kappa shape index (κ2) is 4.74. The number of aromatic nitrogens is 3. The lowest BCUT2D eigenvalue weighted by Crippen LogP contribution is -2.08. The zero-order valence-electron chi connectivity index (χ0n) is 10.7. The molecule has 2 unspecified atom stereocenters. The Hall–Kier alpha value is -1.07. The van der Waals surface area contributed by atoms with E-state index in [0.29, 0.717) is 27.7 Å². The van der Waals surface area contributed by atoms with E-state index in [0.717, 1.165) is 5.56 Å². The van der Waals surface area contributed by atoms with Gasteiger partial charge in [-0.2, -0.15) is 0 Å². The second-order valence-electron chi connectivity index (χ2n) is 5.25. The van der Waals surface area contributed by atoms with E-state index < -0.39 is 6.17 Å². The van der Waals surface area contributed by atoms with Gasteiger partial charge in [-0.3, -0.25) is 0 Å². The average molecular weight is 310 g/mol. The number of hydrogen-bond acceptors (Lipinski definition) is 3. The van der Waals surface area contributed by atoms with E-state index in [1.807, 2.05) is 24.3 Å². The van der Waals surface area contributed by atoms with Crippen LogP contribution in [0.1, 0.15) is 42.9 Å². The zero-order valence-corrected chi connectivity index (χ0v) is 12.2. The van der Waals surface area contributed by atoms with Crippen molar-refractivity contribution in [2.45, 2.75) is 41.9 Å². The van der Waals surface area contributed by atoms with Gasteiger partial charge in [-0.1, -0.05) is 41.6 Å². The minimum Gasteiger partial charge on any atom is -0.239 e. The molecule has 2 aromatic rings. The topological polar surface area (TPSA) is 30.7 Å². The van der Waals surface area contributed by atoms with E-state index in [1.165, 1.54) is 12.8 Å². The summed E-state index contributed by atoms with van der Waals surface area (Å²) in [6.45, 7) is 0. The number of alkyl halides is 1. The molecule has 1 fully saturated rings. The summed E-state index contributed by atoms with van der Waals surface area (Å²) < 4.78 is 15.9. The summed E-state index contributed by atoms with van der Waals surface area (Å²) in [5.74, 6) is 0.443. The summed E-state index contributed by atoms with van der Waals surface area (Å²) in [4.78, 5) is 4.35. The molecule has 4 rings (SSSR count). The third-order valence-corrected chi connectivity index (χ3v) is 5.24. The van der Waals surface area contributed by atoms with Crippen LogP contribution in [0.15, 0.2) is 29.4 Å². The molecule has 0 radical (unpaired) electrons. The molecule has 6 heteroatoms. The minimum atomic E-state index is -1.06. The molecule has 0 N–H and O–H groups in total. The quantitative estimate of drug-likeness (QED) is 0.851. The number of hydrogen-bond donors (Lipinski definition) is 0. The highest BCUT2D eigenvalue weighted by atomic mass is 35.5. The largest absolute Gasteiger partial charge is 0.239 e. The Morgan fingerprint density at radius 3 is 2.85 bits per heavy atom. The Morgan fingerprint density at radius 2 is 2.10 bits per heavy atom. The van der Waals surface area contributed by atoms with Crippen LogP contribution >= 0.6 is 23.4 Å². The molecule has 2 aliphatic rings. The zero-order chi connectivity index (χ0) is 13.7. The Morgan fingerprint density at radius 1 is 1.30 bits per heavy atom. The SMILES string of the molecule is FC1CC(c2ccccc2Cl)n2nc(SC3CC3)nc21. The van der Waals surface area contributed by atoms with Crippen LogP contribution < -0.4 is 0 Å². The van der Waals surface area contributed by atoms with Gasteiger partial charge in [0.15, 0.2) is 12.0 Å². The molecule has 3 nitrogen and oxygen atoms in total. The van der Waals surface area contributed by atoms with Crippen molar-refractivity contribution >= 4 is 23.4 Å². The summed E-state index contributed by atoms with van der Waals surface area (Å²) in [6, 6.07) is 7.42. The van der Waals surface area contributed by atoms with E-state index in [2.05, 4.69) is 10.1 Å². The predicted molar refractivity (Wildman–Crippen MR) is 77.0 cm³/mol. The van der Waals surface area contributed by atoms with Crippen molar-refractivity contribution in [3.63, 3.8) is 0 Å². The van der Waals surface area contributed by atoms with E-state index in [9.17, 15) is 4.39 Å². The fraction of sp³-hybridized carbons (Fsp3) is 0.429. The Labute approximate surface area is 125 Å². The van der Waals surface area contributed by atoms with Crippen molar-refractivity contribution in [2.75, 3.05) is 0 Å². The number of nitrogens with zero attached hydrogens (tertiary/aromatic N) is 3. The molecule has 0 bridgehead atoms. The van der Waals surface area contributed by atoms with Crippen LogP contribution in [-0.2, 0) is 0 Å². The van der Waals surface area contributed by atoms with Crippen LogP contribution in [0.25, 0.3) is 0 Å². The van der Waals surface area contributed by atoms with Crippen molar-refractivity contribution in [1.29, 1.82) is 0 Å². The summed E-state index contributed by atoms with van der Waals surface area (Å²) in [7, 11) is 0. The fourth-order valence-corrected chi connectivity index (χ4v) is 3.76. The van der Waals surface area contributed by atoms with E-state index in [1.54, 1.807) is 16.4 Å². The first-order chi connectivity index (χ1) is 9.72. The second-order valence-corrected chi connectivity index (χ2v) is 6.93. The van der Waals surface area contributed by atoms with Gasteiger partial charge in [0.2, 0.25) is 5.16 Å². The van der Waals surface area contributed by atoms with Gasteiger partial charge in [-0.25, -0.2) is 14.1 Å². The Balaban J connectivity index is 1.71. The van der Waals surface area contributed by atoms with Crippen molar-refractivity contribution in [3.8, 4) is 0 Å². The van der Waals surface area contributed by atoms with Gasteiger partial charge in [0, 0.05) is 16.7 Å². The summed E-state index contributed by atoms with van der Waals surface area (Å²) >= 11 is 7.89. The van der Waals surface area contributed by atoms with Crippen LogP contribution in [0.4, 0.5) is 4.39 Å². The molecule has 1 aromatic heterocycles. The van der Waals surface area contributed by atoms with Crippen molar-refractivity contribution < 1.29 is 4.39 Å². The smallest absolute Gasteiger partial charge is 0.209 e. The first-order valence-electron chi connectivity index (χ1n) is 6.74. The molecule has 20 heavy (non-hydrogen) atoms. The van der Waals surface area contributed by atoms with Gasteiger partial charge >= 0.3 is 0 Å². The van der Waals surface area contributed by atoms with Crippen LogP contribution in [0.2, 0.25) is 5.02 Å². The standard InChI is InChI=1S/C14H13ClFN3S/c15-10-4-2-1-3-9(10)12-7-11(16)13-17-14(18-19(12)13)20-8-5-6-8/h1-4,8,11-12H,5-7H2. The lowest BCUT2D eigenvalue weighted by molar-refractivity contribution is 0.327. The van der Waals surface area contributed by atoms with E-state index in [-0.39, 0.29) is 6.04 Å². The maximum atomic E-state index is 14.2. The summed E-state index contributed by atoms with van der Waals surface area (Å²) in [5.41, 5.74) is 0.920. The highest BCUT2D eigenvalue weighted by molar-refractivity contribution is 8.00. The lowest BCUT2D eigenvalue weighted by atomic mass is 10.0. The van der Waals surface area contributed by atoms with Crippen molar-refractivity contribution in [3.05, 3.63) is 40.7 Å². The van der Waals surface area contributed by atoms with Gasteiger partial charge < -0.3 is 0 Å². The first-order valence-corrected chi connectivity index (χ1v) is 7.99. The average Bonchev–Trinajstić information content (AvgIpc) is 3.06. The molecule has 2 heterocycles. The number of rotatable bonds is 3. The fourth-order valence-electron chi connectivity index (χ4n) is 2.55. The van der Waals surface area contributed by atoms with E-state index in [4.69, 9.17) is 11.6 Å². The van der Waals surface area contributed by atoms with Gasteiger partial charge in [0.25, 0.3) is 0 Å². The van der Waals surface area contributed by atoms with Crippen LogP contribution in [0, 0.1) is 0 Å². The molecular weight excluding hydrogens is 297 g/mol. The molecule has 1 aliphatic carbocycles. The predicted octanol–water partition coefficient (Wildman–Crippen LogP) is 4.19. The van der Waals surface area contributed by atoms with Crippen LogP contribution in [0.3, 0.4) is 0 Å². The van der Waals surface area contributed by atoms with Crippen molar-refractivity contribution in [1.82, 2.24) is 14.8 Å². The minimum absolute atomic E-state index is 0.144. The molecule has 0 saturated heterocycles. The molecule has 0 amide bonds. The number of fused-ring (bicyclic) bond motifs is 1. The number of benzene rings is 1. The van der Waals surface area contributed by atoms with Gasteiger partial charge in [0.1, 0.15) is 0 Å². The van der Waals surface area contributed by atoms with E-state index >= 15 is 0 Å². The summed E-state index contributed by atoms with van der Waals surface area (Å²) in [6.07, 6.45) is 1.73. The summed E-state index contributed by atoms with van der Waals surface area (Å²) in [5, 5.41) is 6.46. The van der Waals surface area contributed by atoms with Gasteiger partial charge in [-0.15, -0.1) is 5.10 Å². The molecule has 104 valence electrons. The monoisotopic (exact) mass is 309 g/mol. The number of halogens is 2. The molecular formula is C14H13ClFN3S. The third-order valence-electron chi connectivity index (χ3n) is 3.70. The molecule has 1 aromatic carbocycles. The normalized spacial score (nSPS) is 24.9. The Bertz CT molecular complexity index is 656. The third kappa shape index (κ3) is 2.13. The van der Waals surface area contributed by atoms with Crippen LogP contribution in [0.5, 0.6) is 0 Å². The highest BCUT2D eigenvalue weighted by Gasteiger charge is 2.37.